The van der Waals surface area contributed by atoms with E-state index in [0.717, 1.165) is 20.9 Å². The molecule has 0 radical (unpaired) electrons. The zero-order chi connectivity index (χ0) is 11.7. The number of halogens is 1. The number of aromatic nitrogens is 4. The van der Waals surface area contributed by atoms with Gasteiger partial charge in [-0.3, -0.25) is 10.1 Å². The van der Waals surface area contributed by atoms with Gasteiger partial charge in [0.1, 0.15) is 5.01 Å². The summed E-state index contributed by atoms with van der Waals surface area (Å²) in [5.41, 5.74) is 4.52. The van der Waals surface area contributed by atoms with Crippen molar-refractivity contribution in [3.05, 3.63) is 20.9 Å². The summed E-state index contributed by atoms with van der Waals surface area (Å²) in [5.74, 6) is 5.24. The fraction of sp³-hybridized carbons (Fsp3) is 0.375. The first-order valence-corrected chi connectivity index (χ1v) is 6.21. The zero-order valence-corrected chi connectivity index (χ0v) is 11.3. The second-order valence-electron chi connectivity index (χ2n) is 3.29. The molecule has 0 fully saturated rings. The Morgan fingerprint density at radius 3 is 2.69 bits per heavy atom. The third kappa shape index (κ3) is 2.08. The lowest BCUT2D eigenvalue weighted by molar-refractivity contribution is 0.651. The van der Waals surface area contributed by atoms with Gasteiger partial charge < -0.3 is 0 Å². The Bertz CT molecular complexity index is 505. The molecule has 0 aliphatic rings. The average Bonchev–Trinajstić information content (AvgIpc) is 2.81. The molecule has 0 bridgehead atoms. The first kappa shape index (κ1) is 11.5. The topological polar surface area (TPSA) is 81.7 Å². The number of hydrazine groups is 1. The minimum Gasteiger partial charge on any atom is -0.298 e. The number of nitrogens with one attached hydrogen (secondary N) is 1. The number of aryl methyl sites for hydroxylation is 1. The van der Waals surface area contributed by atoms with Crippen molar-refractivity contribution in [2.75, 3.05) is 5.43 Å². The summed E-state index contributed by atoms with van der Waals surface area (Å²) >= 11 is 4.90. The lowest BCUT2D eigenvalue weighted by atomic mass is 10.4. The quantitative estimate of drug-likeness (QED) is 0.662. The van der Waals surface area contributed by atoms with Crippen molar-refractivity contribution in [1.82, 2.24) is 20.0 Å². The third-order valence-corrected chi connectivity index (χ3v) is 4.16. The molecule has 0 aromatic carbocycles. The highest BCUT2D eigenvalue weighted by Crippen LogP contribution is 2.22. The molecule has 0 atom stereocenters. The molecule has 2 aromatic heterocycles. The van der Waals surface area contributed by atoms with Crippen LogP contribution in [0.3, 0.4) is 0 Å². The summed E-state index contributed by atoms with van der Waals surface area (Å²) in [6, 6.07) is 0. The van der Waals surface area contributed by atoms with Crippen molar-refractivity contribution >= 4 is 32.4 Å². The van der Waals surface area contributed by atoms with E-state index in [1.807, 2.05) is 18.5 Å². The highest BCUT2D eigenvalue weighted by atomic mass is 79.9. The van der Waals surface area contributed by atoms with Crippen molar-refractivity contribution in [3.63, 3.8) is 0 Å². The molecule has 0 amide bonds. The van der Waals surface area contributed by atoms with Crippen LogP contribution in [0.2, 0.25) is 0 Å². The fourth-order valence-electron chi connectivity index (χ4n) is 1.33. The van der Waals surface area contributed by atoms with Gasteiger partial charge in [-0.25, -0.2) is 5.84 Å². The van der Waals surface area contributed by atoms with Crippen molar-refractivity contribution in [2.45, 2.75) is 20.4 Å². The van der Waals surface area contributed by atoms with E-state index in [4.69, 9.17) is 5.84 Å². The minimum absolute atomic E-state index is 0.607. The molecule has 6 nitrogen and oxygen atoms in total. The molecule has 0 aliphatic carbocycles. The Balaban J connectivity index is 2.23. The van der Waals surface area contributed by atoms with Gasteiger partial charge in [-0.15, -0.1) is 10.2 Å². The molecule has 8 heteroatoms. The molecule has 0 aliphatic heterocycles. The van der Waals surface area contributed by atoms with E-state index >= 15 is 0 Å². The van der Waals surface area contributed by atoms with E-state index in [1.165, 1.54) is 11.3 Å². The predicted molar refractivity (Wildman–Crippen MR) is 66.2 cm³/mol. The molecule has 2 heterocycles. The Kier molecular flexibility index (Phi) is 3.22. The van der Waals surface area contributed by atoms with Gasteiger partial charge >= 0.3 is 0 Å². The van der Waals surface area contributed by atoms with Crippen LogP contribution >= 0.6 is 27.3 Å². The molecule has 0 unspecified atom stereocenters. The summed E-state index contributed by atoms with van der Waals surface area (Å²) < 4.78 is 2.93. The smallest absolute Gasteiger partial charge is 0.219 e. The van der Waals surface area contributed by atoms with Gasteiger partial charge in [0.2, 0.25) is 5.13 Å². The molecule has 0 saturated heterocycles. The second kappa shape index (κ2) is 4.48. The average molecular weight is 303 g/mol. The predicted octanol–water partition coefficient (Wildman–Crippen LogP) is 1.45. The van der Waals surface area contributed by atoms with Gasteiger partial charge in [0.25, 0.3) is 0 Å². The van der Waals surface area contributed by atoms with Crippen LogP contribution in [0.25, 0.3) is 0 Å². The van der Waals surface area contributed by atoms with Crippen LogP contribution in [-0.4, -0.2) is 20.0 Å². The van der Waals surface area contributed by atoms with E-state index in [2.05, 4.69) is 36.7 Å². The Hall–Kier alpha value is -0.990. The van der Waals surface area contributed by atoms with Gasteiger partial charge in [-0.05, 0) is 29.8 Å². The van der Waals surface area contributed by atoms with Gasteiger partial charge in [0, 0.05) is 0 Å². The molecule has 16 heavy (non-hydrogen) atoms. The number of rotatable bonds is 3. The van der Waals surface area contributed by atoms with E-state index in [1.54, 1.807) is 0 Å². The lowest BCUT2D eigenvalue weighted by Gasteiger charge is -1.99. The number of hydrogen-bond donors (Lipinski definition) is 2. The Labute approximate surface area is 105 Å². The van der Waals surface area contributed by atoms with Crippen LogP contribution in [0.1, 0.15) is 16.4 Å². The van der Waals surface area contributed by atoms with Crippen LogP contribution in [0, 0.1) is 13.8 Å². The molecule has 3 N–H and O–H groups in total. The number of nitrogens with zero attached hydrogens (tertiary/aromatic N) is 4. The molecule has 2 rings (SSSR count). The molecule has 0 spiro atoms. The maximum atomic E-state index is 5.24. The zero-order valence-electron chi connectivity index (χ0n) is 8.86. The highest BCUT2D eigenvalue weighted by Gasteiger charge is 2.11. The number of hydrogen-bond acceptors (Lipinski definition) is 6. The first-order valence-electron chi connectivity index (χ1n) is 4.60. The summed E-state index contributed by atoms with van der Waals surface area (Å²) in [5, 5.41) is 13.8. The summed E-state index contributed by atoms with van der Waals surface area (Å²) in [6.45, 7) is 4.57. The van der Waals surface area contributed by atoms with Crippen molar-refractivity contribution in [3.8, 4) is 0 Å². The molecule has 2 aromatic rings. The van der Waals surface area contributed by atoms with E-state index in [9.17, 15) is 0 Å². The van der Waals surface area contributed by atoms with Gasteiger partial charge in [0.05, 0.1) is 22.4 Å². The largest absolute Gasteiger partial charge is 0.298 e. The normalized spacial score (nSPS) is 10.8. The molecule has 86 valence electrons. The number of nitrogen functional groups attached to an aromatic ring is 1. The van der Waals surface area contributed by atoms with Crippen molar-refractivity contribution in [2.24, 2.45) is 5.84 Å². The maximum Gasteiger partial charge on any atom is 0.219 e. The summed E-state index contributed by atoms with van der Waals surface area (Å²) in [7, 11) is 0. The highest BCUT2D eigenvalue weighted by molar-refractivity contribution is 9.10. The van der Waals surface area contributed by atoms with E-state index in [0.29, 0.717) is 11.7 Å². The lowest BCUT2D eigenvalue weighted by Crippen LogP contribution is -2.05. The summed E-state index contributed by atoms with van der Waals surface area (Å²) in [4.78, 5) is 0. The van der Waals surface area contributed by atoms with Gasteiger partial charge in [-0.2, -0.15) is 5.10 Å². The third-order valence-electron chi connectivity index (χ3n) is 2.17. The first-order chi connectivity index (χ1) is 7.61. The number of nitrogens with two attached hydrogens (primary N) is 1. The van der Waals surface area contributed by atoms with Crippen LogP contribution in [0.15, 0.2) is 4.47 Å². The van der Waals surface area contributed by atoms with Crippen LogP contribution in [0.5, 0.6) is 0 Å². The molecule has 0 saturated carbocycles. The van der Waals surface area contributed by atoms with E-state index < -0.39 is 0 Å². The van der Waals surface area contributed by atoms with Crippen LogP contribution < -0.4 is 11.3 Å². The SMILES string of the molecule is Cc1nn(Cc2nnc(NN)s2)c(C)c1Br. The maximum absolute atomic E-state index is 5.24. The van der Waals surface area contributed by atoms with Crippen LogP contribution in [0.4, 0.5) is 5.13 Å². The van der Waals surface area contributed by atoms with Gasteiger partial charge in [-0.1, -0.05) is 11.3 Å². The molecular formula is C8H11BrN6S. The second-order valence-corrected chi connectivity index (χ2v) is 5.14. The molecular weight excluding hydrogens is 292 g/mol. The van der Waals surface area contributed by atoms with Crippen molar-refractivity contribution < 1.29 is 0 Å². The Morgan fingerprint density at radius 1 is 1.44 bits per heavy atom. The Morgan fingerprint density at radius 2 is 2.19 bits per heavy atom. The van der Waals surface area contributed by atoms with Crippen LogP contribution in [-0.2, 0) is 6.54 Å². The standard InChI is InChI=1S/C8H11BrN6S/c1-4-7(9)5(2)15(14-4)3-6-12-13-8(11-10)16-6/h3,10H2,1-2H3,(H,11,13). The minimum atomic E-state index is 0.607. The monoisotopic (exact) mass is 302 g/mol. The fourth-order valence-corrected chi connectivity index (χ4v) is 2.25. The number of anilines is 1. The van der Waals surface area contributed by atoms with Crippen molar-refractivity contribution in [1.29, 1.82) is 0 Å². The summed E-state index contributed by atoms with van der Waals surface area (Å²) in [6.07, 6.45) is 0. The van der Waals surface area contributed by atoms with E-state index in [-0.39, 0.29) is 0 Å². The van der Waals surface area contributed by atoms with Gasteiger partial charge in [0.15, 0.2) is 0 Å².